The van der Waals surface area contributed by atoms with Crippen molar-refractivity contribution < 1.29 is 23.8 Å². The van der Waals surface area contributed by atoms with Crippen LogP contribution in [0.2, 0.25) is 0 Å². The van der Waals surface area contributed by atoms with Crippen molar-refractivity contribution in [3.8, 4) is 11.5 Å². The van der Waals surface area contributed by atoms with E-state index in [1.165, 1.54) is 13.2 Å². The highest BCUT2D eigenvalue weighted by Crippen LogP contribution is 2.28. The van der Waals surface area contributed by atoms with Crippen molar-refractivity contribution in [1.82, 2.24) is 5.32 Å². The predicted octanol–water partition coefficient (Wildman–Crippen LogP) is 2.56. The van der Waals surface area contributed by atoms with Gasteiger partial charge in [-0.3, -0.25) is 4.79 Å². The summed E-state index contributed by atoms with van der Waals surface area (Å²) in [6, 6.07) is 4.82. The van der Waals surface area contributed by atoms with E-state index in [9.17, 15) is 9.59 Å². The molecule has 0 saturated heterocycles. The summed E-state index contributed by atoms with van der Waals surface area (Å²) in [5, 5.41) is 2.78. The summed E-state index contributed by atoms with van der Waals surface area (Å²) in [4.78, 5) is 23.7. The smallest absolute Gasteiger partial charge is 0.338 e. The summed E-state index contributed by atoms with van der Waals surface area (Å²) in [5.41, 5.74) is 0.305. The SMILES string of the molecule is CCCC(C)NC(=O)COC(=O)c1ccc(OCC)c(OC)c1. The minimum atomic E-state index is -0.579. The molecular formula is C17H25NO5. The molecule has 0 spiro atoms. The average molecular weight is 323 g/mol. The summed E-state index contributed by atoms with van der Waals surface area (Å²) < 4.78 is 15.6. The lowest BCUT2D eigenvalue weighted by Crippen LogP contribution is -2.35. The van der Waals surface area contributed by atoms with Crippen LogP contribution in [0.15, 0.2) is 18.2 Å². The van der Waals surface area contributed by atoms with E-state index in [4.69, 9.17) is 14.2 Å². The molecule has 0 fully saturated rings. The number of benzene rings is 1. The number of amides is 1. The molecule has 0 aliphatic rings. The lowest BCUT2D eigenvalue weighted by molar-refractivity contribution is -0.124. The van der Waals surface area contributed by atoms with Crippen LogP contribution in [0.3, 0.4) is 0 Å². The number of carbonyl (C=O) groups is 2. The van der Waals surface area contributed by atoms with Gasteiger partial charge in [-0.05, 0) is 38.5 Å². The van der Waals surface area contributed by atoms with Gasteiger partial charge in [0.15, 0.2) is 18.1 Å². The van der Waals surface area contributed by atoms with Gasteiger partial charge >= 0.3 is 5.97 Å². The second kappa shape index (κ2) is 9.71. The van der Waals surface area contributed by atoms with E-state index in [-0.39, 0.29) is 18.6 Å². The maximum Gasteiger partial charge on any atom is 0.338 e. The van der Waals surface area contributed by atoms with E-state index in [1.807, 2.05) is 20.8 Å². The Labute approximate surface area is 137 Å². The van der Waals surface area contributed by atoms with E-state index in [0.717, 1.165) is 12.8 Å². The van der Waals surface area contributed by atoms with Gasteiger partial charge < -0.3 is 19.5 Å². The van der Waals surface area contributed by atoms with Crippen molar-refractivity contribution in [3.05, 3.63) is 23.8 Å². The van der Waals surface area contributed by atoms with Gasteiger partial charge in [0.1, 0.15) is 0 Å². The van der Waals surface area contributed by atoms with Crippen molar-refractivity contribution in [2.45, 2.75) is 39.7 Å². The molecule has 0 aliphatic heterocycles. The number of methoxy groups -OCH3 is 1. The molecule has 1 aromatic carbocycles. The molecule has 1 atom stereocenters. The van der Waals surface area contributed by atoms with E-state index < -0.39 is 5.97 Å². The van der Waals surface area contributed by atoms with Gasteiger partial charge in [0.2, 0.25) is 0 Å². The van der Waals surface area contributed by atoms with Crippen molar-refractivity contribution in [2.75, 3.05) is 20.3 Å². The van der Waals surface area contributed by atoms with Gasteiger partial charge in [0.25, 0.3) is 5.91 Å². The standard InChI is InChI=1S/C17H25NO5/c1-5-7-12(3)18-16(19)11-23-17(20)13-8-9-14(22-6-2)15(10-13)21-4/h8-10,12H,5-7,11H2,1-4H3,(H,18,19). The Morgan fingerprint density at radius 2 is 1.96 bits per heavy atom. The van der Waals surface area contributed by atoms with E-state index in [0.29, 0.717) is 23.7 Å². The van der Waals surface area contributed by atoms with E-state index >= 15 is 0 Å². The average Bonchev–Trinajstić information content (AvgIpc) is 2.53. The van der Waals surface area contributed by atoms with Crippen LogP contribution in [-0.2, 0) is 9.53 Å². The van der Waals surface area contributed by atoms with Gasteiger partial charge in [-0.1, -0.05) is 13.3 Å². The molecule has 1 unspecified atom stereocenters. The summed E-state index contributed by atoms with van der Waals surface area (Å²) in [7, 11) is 1.50. The normalized spacial score (nSPS) is 11.5. The maximum absolute atomic E-state index is 12.0. The number of hydrogen-bond acceptors (Lipinski definition) is 5. The van der Waals surface area contributed by atoms with Crippen molar-refractivity contribution >= 4 is 11.9 Å². The topological polar surface area (TPSA) is 73.9 Å². The molecule has 128 valence electrons. The van der Waals surface area contributed by atoms with Crippen LogP contribution < -0.4 is 14.8 Å². The first-order valence-corrected chi connectivity index (χ1v) is 7.79. The Balaban J connectivity index is 2.59. The summed E-state index contributed by atoms with van der Waals surface area (Å²) >= 11 is 0. The fourth-order valence-corrected chi connectivity index (χ4v) is 2.11. The van der Waals surface area contributed by atoms with Crippen LogP contribution in [0.25, 0.3) is 0 Å². The fraction of sp³-hybridized carbons (Fsp3) is 0.529. The highest BCUT2D eigenvalue weighted by Gasteiger charge is 2.14. The third-order valence-electron chi connectivity index (χ3n) is 3.16. The van der Waals surface area contributed by atoms with Gasteiger partial charge in [-0.15, -0.1) is 0 Å². The summed E-state index contributed by atoms with van der Waals surface area (Å²) in [6.07, 6.45) is 1.86. The predicted molar refractivity (Wildman–Crippen MR) is 87.0 cm³/mol. The summed E-state index contributed by atoms with van der Waals surface area (Å²) in [5.74, 6) is 0.113. The van der Waals surface area contributed by atoms with E-state index in [2.05, 4.69) is 5.32 Å². The fourth-order valence-electron chi connectivity index (χ4n) is 2.11. The Morgan fingerprint density at radius 3 is 2.57 bits per heavy atom. The number of nitrogens with one attached hydrogen (secondary N) is 1. The molecule has 1 rings (SSSR count). The van der Waals surface area contributed by atoms with Crippen LogP contribution in [0.1, 0.15) is 44.0 Å². The first kappa shape index (κ1) is 18.8. The van der Waals surface area contributed by atoms with Gasteiger partial charge in [0, 0.05) is 6.04 Å². The minimum Gasteiger partial charge on any atom is -0.493 e. The van der Waals surface area contributed by atoms with Gasteiger partial charge in [0.05, 0.1) is 19.3 Å². The molecule has 1 amide bonds. The zero-order valence-corrected chi connectivity index (χ0v) is 14.2. The number of hydrogen-bond donors (Lipinski definition) is 1. The summed E-state index contributed by atoms with van der Waals surface area (Å²) in [6.45, 7) is 6.01. The number of ether oxygens (including phenoxy) is 3. The largest absolute Gasteiger partial charge is 0.493 e. The highest BCUT2D eigenvalue weighted by molar-refractivity contribution is 5.92. The quantitative estimate of drug-likeness (QED) is 0.707. The molecule has 0 aromatic heterocycles. The van der Waals surface area contributed by atoms with Crippen LogP contribution in [0.5, 0.6) is 11.5 Å². The van der Waals surface area contributed by atoms with Crippen LogP contribution in [-0.4, -0.2) is 38.2 Å². The first-order valence-electron chi connectivity index (χ1n) is 7.79. The Bertz CT molecular complexity index is 530. The Morgan fingerprint density at radius 1 is 1.22 bits per heavy atom. The highest BCUT2D eigenvalue weighted by atomic mass is 16.5. The lowest BCUT2D eigenvalue weighted by atomic mass is 10.2. The molecular weight excluding hydrogens is 298 g/mol. The van der Waals surface area contributed by atoms with Crippen LogP contribution >= 0.6 is 0 Å². The zero-order valence-electron chi connectivity index (χ0n) is 14.2. The van der Waals surface area contributed by atoms with Crippen molar-refractivity contribution in [2.24, 2.45) is 0 Å². The van der Waals surface area contributed by atoms with Crippen molar-refractivity contribution in [1.29, 1.82) is 0 Å². The molecule has 0 radical (unpaired) electrons. The molecule has 6 heteroatoms. The van der Waals surface area contributed by atoms with Crippen LogP contribution in [0, 0.1) is 0 Å². The van der Waals surface area contributed by atoms with Crippen LogP contribution in [0.4, 0.5) is 0 Å². The minimum absolute atomic E-state index is 0.0665. The Hall–Kier alpha value is -2.24. The monoisotopic (exact) mass is 323 g/mol. The lowest BCUT2D eigenvalue weighted by Gasteiger charge is -2.13. The molecule has 6 nitrogen and oxygen atoms in total. The zero-order chi connectivity index (χ0) is 17.2. The molecule has 23 heavy (non-hydrogen) atoms. The maximum atomic E-state index is 12.0. The second-order valence-corrected chi connectivity index (χ2v) is 5.13. The number of rotatable bonds is 9. The van der Waals surface area contributed by atoms with Crippen molar-refractivity contribution in [3.63, 3.8) is 0 Å². The molecule has 0 saturated carbocycles. The van der Waals surface area contributed by atoms with Gasteiger partial charge in [-0.2, -0.15) is 0 Å². The molecule has 1 aromatic rings. The molecule has 0 bridgehead atoms. The molecule has 1 N–H and O–H groups in total. The molecule has 0 heterocycles. The third-order valence-corrected chi connectivity index (χ3v) is 3.16. The second-order valence-electron chi connectivity index (χ2n) is 5.13. The number of esters is 1. The Kier molecular flexibility index (Phi) is 7.94. The number of carbonyl (C=O) groups excluding carboxylic acids is 2. The molecule has 0 aliphatic carbocycles. The first-order chi connectivity index (χ1) is 11.0. The van der Waals surface area contributed by atoms with Gasteiger partial charge in [-0.25, -0.2) is 4.79 Å². The van der Waals surface area contributed by atoms with E-state index in [1.54, 1.807) is 12.1 Å². The third kappa shape index (κ3) is 6.18.